The highest BCUT2D eigenvalue weighted by Crippen LogP contribution is 2.49. The molecule has 0 fully saturated rings. The first-order chi connectivity index (χ1) is 21.7. The molecule has 0 saturated carbocycles. The number of hydrogen-bond donors (Lipinski definition) is 0. The van der Waals surface area contributed by atoms with Gasteiger partial charge in [0.2, 0.25) is 12.2 Å². The number of allylic oxidation sites excluding steroid dienone is 4. The second-order valence-corrected chi connectivity index (χ2v) is 10.1. The van der Waals surface area contributed by atoms with Crippen LogP contribution in [0.4, 0.5) is 11.4 Å². The van der Waals surface area contributed by atoms with Crippen molar-refractivity contribution in [3.05, 3.63) is 162 Å². The van der Waals surface area contributed by atoms with E-state index < -0.39 is 5.41 Å². The maximum atomic E-state index is 10.5. The molecule has 0 saturated heterocycles. The van der Waals surface area contributed by atoms with E-state index in [0.717, 1.165) is 23.1 Å². The molecule has 0 aromatic heterocycles. The largest absolute Gasteiger partial charge is 0.457 e. The van der Waals surface area contributed by atoms with E-state index in [2.05, 4.69) is 76.7 Å². The third-order valence-corrected chi connectivity index (χ3v) is 7.56. The Morgan fingerprint density at radius 3 is 1.41 bits per heavy atom. The number of isocyanates is 2. The highest BCUT2D eigenvalue weighted by molar-refractivity contribution is 5.82. The highest BCUT2D eigenvalue weighted by Gasteiger charge is 2.39. The molecule has 6 heteroatoms. The molecule has 5 aromatic rings. The van der Waals surface area contributed by atoms with Gasteiger partial charge in [-0.2, -0.15) is 9.98 Å². The molecule has 212 valence electrons. The Kier molecular flexibility index (Phi) is 8.20. The number of hydrogen-bond acceptors (Lipinski definition) is 6. The van der Waals surface area contributed by atoms with Crippen molar-refractivity contribution in [3.63, 3.8) is 0 Å². The van der Waals surface area contributed by atoms with Crippen LogP contribution in [0.2, 0.25) is 0 Å². The molecule has 5 aromatic carbocycles. The average Bonchev–Trinajstić information content (AvgIpc) is 3.08. The number of rotatable bonds is 9. The fraction of sp³-hybridized carbons (Fsp3) is 0.0526. The van der Waals surface area contributed by atoms with Crippen molar-refractivity contribution >= 4 is 29.1 Å². The molecular weight excluding hydrogens is 548 g/mol. The van der Waals surface area contributed by atoms with Gasteiger partial charge in [-0.3, -0.25) is 0 Å². The van der Waals surface area contributed by atoms with Crippen molar-refractivity contribution in [1.29, 1.82) is 0 Å². The van der Waals surface area contributed by atoms with Crippen LogP contribution in [0, 0.1) is 0 Å². The Morgan fingerprint density at radius 2 is 0.977 bits per heavy atom. The van der Waals surface area contributed by atoms with E-state index in [1.165, 1.54) is 5.57 Å². The lowest BCUT2D eigenvalue weighted by Crippen LogP contribution is -2.30. The second-order valence-electron chi connectivity index (χ2n) is 10.1. The predicted octanol–water partition coefficient (Wildman–Crippen LogP) is 9.54. The van der Waals surface area contributed by atoms with Crippen LogP contribution in [0.3, 0.4) is 0 Å². The maximum Gasteiger partial charge on any atom is 0.240 e. The lowest BCUT2D eigenvalue weighted by molar-refractivity contribution is 0.481. The molecule has 6 rings (SSSR count). The quantitative estimate of drug-likeness (QED) is 0.130. The van der Waals surface area contributed by atoms with Gasteiger partial charge in [0.25, 0.3) is 0 Å². The molecule has 0 spiro atoms. The molecule has 6 nitrogen and oxygen atoms in total. The van der Waals surface area contributed by atoms with Crippen LogP contribution < -0.4 is 9.47 Å². The first-order valence-corrected chi connectivity index (χ1v) is 14.0. The van der Waals surface area contributed by atoms with Crippen LogP contribution in [-0.4, -0.2) is 12.2 Å². The molecule has 1 aliphatic rings. The topological polar surface area (TPSA) is 77.3 Å². The third kappa shape index (κ3) is 5.94. The Morgan fingerprint density at radius 1 is 0.545 bits per heavy atom. The van der Waals surface area contributed by atoms with Crippen molar-refractivity contribution < 1.29 is 19.1 Å². The van der Waals surface area contributed by atoms with Crippen molar-refractivity contribution in [2.75, 3.05) is 0 Å². The zero-order chi connectivity index (χ0) is 30.2. The summed E-state index contributed by atoms with van der Waals surface area (Å²) in [6.07, 6.45) is 10.4. The number of aliphatic imine (C=N–C) groups is 2. The molecule has 0 unspecified atom stereocenters. The van der Waals surface area contributed by atoms with Gasteiger partial charge in [-0.25, -0.2) is 9.59 Å². The fourth-order valence-corrected chi connectivity index (χ4v) is 5.51. The van der Waals surface area contributed by atoms with E-state index in [-0.39, 0.29) is 0 Å². The van der Waals surface area contributed by atoms with Gasteiger partial charge in [-0.15, -0.1) is 0 Å². The molecule has 0 aliphatic heterocycles. The minimum absolute atomic E-state index is 0.462. The van der Waals surface area contributed by atoms with Gasteiger partial charge in [-0.1, -0.05) is 72.8 Å². The van der Waals surface area contributed by atoms with E-state index in [4.69, 9.17) is 9.47 Å². The summed E-state index contributed by atoms with van der Waals surface area (Å²) in [5, 5.41) is 0. The van der Waals surface area contributed by atoms with Gasteiger partial charge >= 0.3 is 0 Å². The zero-order valence-corrected chi connectivity index (χ0v) is 23.6. The van der Waals surface area contributed by atoms with Crippen LogP contribution >= 0.6 is 0 Å². The summed E-state index contributed by atoms with van der Waals surface area (Å²) in [6, 6.07) is 40.7. The SMILES string of the molecule is O=C=Nc1ccc(Oc2ccc(C3(c4ccc(Oc5ccc(N=C=O)cc5)cc4)CC=CC=C3c3ccccc3)cc2)cc1. The number of benzene rings is 5. The lowest BCUT2D eigenvalue weighted by atomic mass is 9.63. The Hall–Kier alpha value is -6.06. The standard InChI is InChI=1S/C38H26N2O4/c41-26-39-31-13-21-35(22-14-31)43-33-17-9-29(10-18-33)38(25-5-4-8-37(38)28-6-2-1-3-7-28)30-11-19-34(20-12-30)44-36-23-15-32(16-24-36)40-27-42/h1-24H,25H2. The molecule has 0 bridgehead atoms. The Labute approximate surface area is 255 Å². The normalized spacial score (nSPS) is 15.3. The van der Waals surface area contributed by atoms with Crippen molar-refractivity contribution in [2.24, 2.45) is 9.98 Å². The number of carbonyl (C=O) groups excluding carboxylic acids is 2. The van der Waals surface area contributed by atoms with Gasteiger partial charge in [0.15, 0.2) is 0 Å². The first-order valence-electron chi connectivity index (χ1n) is 14.0. The summed E-state index contributed by atoms with van der Waals surface area (Å²) < 4.78 is 12.2. The van der Waals surface area contributed by atoms with E-state index in [1.54, 1.807) is 60.7 Å². The van der Waals surface area contributed by atoms with E-state index >= 15 is 0 Å². The molecule has 0 radical (unpaired) electrons. The minimum atomic E-state index is -0.462. The first kappa shape index (κ1) is 28.1. The summed E-state index contributed by atoms with van der Waals surface area (Å²) in [5.74, 6) is 2.68. The summed E-state index contributed by atoms with van der Waals surface area (Å²) in [6.45, 7) is 0. The predicted molar refractivity (Wildman–Crippen MR) is 170 cm³/mol. The summed E-state index contributed by atoms with van der Waals surface area (Å²) in [4.78, 5) is 28.3. The zero-order valence-electron chi connectivity index (χ0n) is 23.6. The summed E-state index contributed by atoms with van der Waals surface area (Å²) >= 11 is 0. The van der Waals surface area contributed by atoms with Crippen LogP contribution in [-0.2, 0) is 15.0 Å². The van der Waals surface area contributed by atoms with Crippen LogP contribution in [0.5, 0.6) is 23.0 Å². The summed E-state index contributed by atoms with van der Waals surface area (Å²) in [7, 11) is 0. The van der Waals surface area contributed by atoms with Gasteiger partial charge in [0, 0.05) is 5.41 Å². The number of nitrogens with zero attached hydrogens (tertiary/aromatic N) is 2. The smallest absolute Gasteiger partial charge is 0.240 e. The maximum absolute atomic E-state index is 10.5. The lowest BCUT2D eigenvalue weighted by Gasteiger charge is -2.39. The van der Waals surface area contributed by atoms with Crippen LogP contribution in [0.1, 0.15) is 23.1 Å². The van der Waals surface area contributed by atoms with Crippen LogP contribution in [0.25, 0.3) is 5.57 Å². The molecule has 44 heavy (non-hydrogen) atoms. The van der Waals surface area contributed by atoms with Gasteiger partial charge in [0.05, 0.1) is 11.4 Å². The average molecular weight is 575 g/mol. The van der Waals surface area contributed by atoms with E-state index in [0.29, 0.717) is 34.4 Å². The molecule has 0 heterocycles. The molecule has 0 N–H and O–H groups in total. The van der Waals surface area contributed by atoms with E-state index in [1.807, 2.05) is 30.3 Å². The fourth-order valence-electron chi connectivity index (χ4n) is 5.51. The molecule has 0 amide bonds. The monoisotopic (exact) mass is 574 g/mol. The van der Waals surface area contributed by atoms with Crippen molar-refractivity contribution in [2.45, 2.75) is 11.8 Å². The highest BCUT2D eigenvalue weighted by atomic mass is 16.5. The summed E-state index contributed by atoms with van der Waals surface area (Å²) in [5.41, 5.74) is 5.17. The number of ether oxygens (including phenoxy) is 2. The minimum Gasteiger partial charge on any atom is -0.457 e. The van der Waals surface area contributed by atoms with Gasteiger partial charge in [0.1, 0.15) is 23.0 Å². The molecule has 1 aliphatic carbocycles. The Bertz CT molecular complexity index is 1790. The van der Waals surface area contributed by atoms with Crippen molar-refractivity contribution in [3.8, 4) is 23.0 Å². The van der Waals surface area contributed by atoms with Gasteiger partial charge < -0.3 is 9.47 Å². The Balaban J connectivity index is 1.34. The molecular formula is C38H26N2O4. The molecule has 0 atom stereocenters. The van der Waals surface area contributed by atoms with Gasteiger partial charge in [-0.05, 0) is 101 Å². The third-order valence-electron chi connectivity index (χ3n) is 7.56. The van der Waals surface area contributed by atoms with Crippen LogP contribution in [0.15, 0.2) is 156 Å². The van der Waals surface area contributed by atoms with E-state index in [9.17, 15) is 9.59 Å². The second kappa shape index (κ2) is 12.8. The van der Waals surface area contributed by atoms with Crippen molar-refractivity contribution in [1.82, 2.24) is 0 Å².